The third-order valence-corrected chi connectivity index (χ3v) is 6.62. The molecule has 0 aliphatic heterocycles. The normalized spacial score (nSPS) is 16.6. The molecule has 4 rings (SSSR count). The van der Waals surface area contributed by atoms with Crippen LogP contribution in [0.2, 0.25) is 0 Å². The molecule has 0 bridgehead atoms. The van der Waals surface area contributed by atoms with Gasteiger partial charge in [-0.3, -0.25) is 9.59 Å². The first kappa shape index (κ1) is 21.1. The Morgan fingerprint density at radius 1 is 0.935 bits per heavy atom. The van der Waals surface area contributed by atoms with Gasteiger partial charge in [0.15, 0.2) is 0 Å². The summed E-state index contributed by atoms with van der Waals surface area (Å²) in [4.78, 5) is 23.2. The molecule has 31 heavy (non-hydrogen) atoms. The number of ether oxygens (including phenoxy) is 2. The van der Waals surface area contributed by atoms with Crippen molar-refractivity contribution >= 4 is 23.2 Å². The zero-order valence-electron chi connectivity index (χ0n) is 18.4. The van der Waals surface area contributed by atoms with Crippen LogP contribution in [0.25, 0.3) is 21.9 Å². The van der Waals surface area contributed by atoms with Crippen molar-refractivity contribution < 1.29 is 19.1 Å². The number of aryl methyl sites for hydroxylation is 2. The van der Waals surface area contributed by atoms with E-state index in [0.29, 0.717) is 38.9 Å². The van der Waals surface area contributed by atoms with Gasteiger partial charge in [-0.15, -0.1) is 0 Å². The first-order chi connectivity index (χ1) is 15.0. The molecule has 3 aromatic carbocycles. The van der Waals surface area contributed by atoms with Crippen molar-refractivity contribution in [1.29, 1.82) is 0 Å². The summed E-state index contributed by atoms with van der Waals surface area (Å²) in [5.74, 6) is -0.196. The largest absolute Gasteiger partial charge is 0.468 e. The molecule has 1 unspecified atom stereocenters. The molecule has 1 aliphatic rings. The van der Waals surface area contributed by atoms with E-state index in [2.05, 4.69) is 56.3 Å². The fourth-order valence-electron chi connectivity index (χ4n) is 4.93. The molecule has 160 valence electrons. The van der Waals surface area contributed by atoms with Gasteiger partial charge < -0.3 is 9.47 Å². The van der Waals surface area contributed by atoms with Crippen molar-refractivity contribution in [2.45, 2.75) is 45.4 Å². The Bertz CT molecular complexity index is 1150. The first-order valence-electron chi connectivity index (χ1n) is 10.9. The lowest BCUT2D eigenvalue weighted by atomic mass is 9.71. The summed E-state index contributed by atoms with van der Waals surface area (Å²) in [7, 11) is 0. The van der Waals surface area contributed by atoms with E-state index in [1.54, 1.807) is 0 Å². The van der Waals surface area contributed by atoms with Crippen molar-refractivity contribution in [3.63, 3.8) is 0 Å². The van der Waals surface area contributed by atoms with Crippen molar-refractivity contribution in [3.8, 4) is 11.1 Å². The molecular formula is C27H28O4. The van der Waals surface area contributed by atoms with Gasteiger partial charge in [0.05, 0.1) is 13.2 Å². The lowest BCUT2D eigenvalue weighted by molar-refractivity contribution is -0.143. The van der Waals surface area contributed by atoms with Gasteiger partial charge in [-0.05, 0) is 89.9 Å². The molecule has 4 heteroatoms. The number of rotatable bonds is 8. The number of esters is 1. The summed E-state index contributed by atoms with van der Waals surface area (Å²) in [5, 5.41) is 2.36. The van der Waals surface area contributed by atoms with E-state index in [1.165, 1.54) is 44.2 Å². The Hall–Kier alpha value is -3.14. The van der Waals surface area contributed by atoms with Crippen LogP contribution in [-0.2, 0) is 24.5 Å². The van der Waals surface area contributed by atoms with Gasteiger partial charge in [0.25, 0.3) is 6.47 Å². The minimum atomic E-state index is -0.414. The summed E-state index contributed by atoms with van der Waals surface area (Å²) in [5.41, 5.74) is 6.86. The van der Waals surface area contributed by atoms with E-state index in [9.17, 15) is 9.59 Å². The van der Waals surface area contributed by atoms with E-state index in [-0.39, 0.29) is 5.97 Å². The highest BCUT2D eigenvalue weighted by atomic mass is 16.5. The maximum absolute atomic E-state index is 12.3. The monoisotopic (exact) mass is 416 g/mol. The second-order valence-corrected chi connectivity index (χ2v) is 8.33. The molecule has 0 saturated carbocycles. The first-order valence-corrected chi connectivity index (χ1v) is 10.9. The average Bonchev–Trinajstić information content (AvgIpc) is 3.00. The number of hydrogen-bond donors (Lipinski definition) is 0. The number of fused-ring (bicyclic) bond motifs is 4. The van der Waals surface area contributed by atoms with E-state index in [0.717, 1.165) is 0 Å². The Labute approximate surface area is 183 Å². The quantitative estimate of drug-likeness (QED) is 0.271. The van der Waals surface area contributed by atoms with E-state index >= 15 is 0 Å². The van der Waals surface area contributed by atoms with Crippen molar-refractivity contribution in [3.05, 3.63) is 70.8 Å². The molecule has 1 aliphatic carbocycles. The molecule has 4 nitrogen and oxygen atoms in total. The molecule has 0 fully saturated rings. The predicted molar refractivity (Wildman–Crippen MR) is 122 cm³/mol. The molecular weight excluding hydrogens is 388 g/mol. The molecule has 0 N–H and O–H groups in total. The Kier molecular flexibility index (Phi) is 5.81. The fraction of sp³-hybridized carbons (Fsp3) is 0.333. The van der Waals surface area contributed by atoms with Crippen LogP contribution in [0.5, 0.6) is 0 Å². The highest BCUT2D eigenvalue weighted by Crippen LogP contribution is 2.54. The van der Waals surface area contributed by atoms with Gasteiger partial charge in [0.2, 0.25) is 0 Å². The van der Waals surface area contributed by atoms with Gasteiger partial charge in [0, 0.05) is 11.8 Å². The predicted octanol–water partition coefficient (Wildman–Crippen LogP) is 5.63. The summed E-state index contributed by atoms with van der Waals surface area (Å²) in [6, 6.07) is 17.4. The summed E-state index contributed by atoms with van der Waals surface area (Å²) < 4.78 is 10.4. The maximum atomic E-state index is 12.3. The topological polar surface area (TPSA) is 52.6 Å². The second kappa shape index (κ2) is 8.54. The molecule has 0 aromatic heterocycles. The highest BCUT2D eigenvalue weighted by Gasteiger charge is 2.43. The van der Waals surface area contributed by atoms with Crippen LogP contribution >= 0.6 is 0 Å². The Morgan fingerprint density at radius 2 is 1.58 bits per heavy atom. The van der Waals surface area contributed by atoms with Crippen LogP contribution in [-0.4, -0.2) is 25.7 Å². The average molecular weight is 417 g/mol. The number of benzene rings is 3. The van der Waals surface area contributed by atoms with Gasteiger partial charge in [-0.2, -0.15) is 0 Å². The standard InChI is InChI=1S/C27H28O4/c1-4-31-26(29)9-10-27(11-12-30-17-28)24-14-19(3)18(2)13-22(24)23-15-20-7-5-6-8-21(20)16-25(23)27/h5-8,13-17H,4,9-12H2,1-3H3. The zero-order valence-corrected chi connectivity index (χ0v) is 18.4. The van der Waals surface area contributed by atoms with Crippen LogP contribution in [0.4, 0.5) is 0 Å². The molecule has 0 amide bonds. The van der Waals surface area contributed by atoms with Gasteiger partial charge >= 0.3 is 5.97 Å². The van der Waals surface area contributed by atoms with Gasteiger partial charge in [-0.1, -0.05) is 36.4 Å². The fourth-order valence-corrected chi connectivity index (χ4v) is 4.93. The molecule has 0 radical (unpaired) electrons. The van der Waals surface area contributed by atoms with Gasteiger partial charge in [0.1, 0.15) is 0 Å². The van der Waals surface area contributed by atoms with Crippen molar-refractivity contribution in [1.82, 2.24) is 0 Å². The van der Waals surface area contributed by atoms with E-state index in [4.69, 9.17) is 9.47 Å². The van der Waals surface area contributed by atoms with Crippen LogP contribution in [0.3, 0.4) is 0 Å². The Morgan fingerprint density at radius 3 is 2.29 bits per heavy atom. The lowest BCUT2D eigenvalue weighted by Gasteiger charge is -2.32. The molecule has 1 atom stereocenters. The Balaban J connectivity index is 1.93. The second-order valence-electron chi connectivity index (χ2n) is 8.33. The molecule has 0 saturated heterocycles. The summed E-state index contributed by atoms with van der Waals surface area (Å²) in [6.07, 6.45) is 1.54. The van der Waals surface area contributed by atoms with Gasteiger partial charge in [-0.25, -0.2) is 0 Å². The van der Waals surface area contributed by atoms with Crippen molar-refractivity contribution in [2.75, 3.05) is 13.2 Å². The van der Waals surface area contributed by atoms with Crippen LogP contribution in [0.15, 0.2) is 48.5 Å². The minimum absolute atomic E-state index is 0.196. The molecule has 3 aromatic rings. The maximum Gasteiger partial charge on any atom is 0.305 e. The lowest BCUT2D eigenvalue weighted by Crippen LogP contribution is -2.29. The summed E-state index contributed by atoms with van der Waals surface area (Å²) in [6.45, 7) is 7.24. The molecule has 0 spiro atoms. The SMILES string of the molecule is CCOC(=O)CCC1(CCOC=O)c2cc(C)c(C)cc2-c2cc3ccccc3cc21. The van der Waals surface area contributed by atoms with E-state index < -0.39 is 5.41 Å². The zero-order chi connectivity index (χ0) is 22.0. The molecule has 0 heterocycles. The third kappa shape index (κ3) is 3.71. The van der Waals surface area contributed by atoms with Crippen molar-refractivity contribution in [2.24, 2.45) is 0 Å². The van der Waals surface area contributed by atoms with Crippen LogP contribution in [0, 0.1) is 13.8 Å². The van der Waals surface area contributed by atoms with Crippen LogP contribution in [0.1, 0.15) is 48.4 Å². The summed E-state index contributed by atoms with van der Waals surface area (Å²) >= 11 is 0. The smallest absolute Gasteiger partial charge is 0.305 e. The van der Waals surface area contributed by atoms with Crippen LogP contribution < -0.4 is 0 Å². The number of carbonyl (C=O) groups excluding carboxylic acids is 2. The number of carbonyl (C=O) groups is 2. The third-order valence-electron chi connectivity index (χ3n) is 6.62. The minimum Gasteiger partial charge on any atom is -0.468 e. The highest BCUT2D eigenvalue weighted by molar-refractivity contribution is 5.94. The van der Waals surface area contributed by atoms with E-state index in [1.807, 2.05) is 13.0 Å². The number of hydrogen-bond acceptors (Lipinski definition) is 4.